The maximum atomic E-state index is 12.8. The molecule has 1 heterocycles. The number of piperazine rings is 1. The predicted octanol–water partition coefficient (Wildman–Crippen LogP) is 2.25. The van der Waals surface area contributed by atoms with Gasteiger partial charge in [-0.25, -0.2) is 8.42 Å². The number of sulfonamides is 1. The number of amides is 1. The van der Waals surface area contributed by atoms with Gasteiger partial charge in [0.25, 0.3) is 0 Å². The minimum atomic E-state index is -3.50. The summed E-state index contributed by atoms with van der Waals surface area (Å²) in [6.45, 7) is 5.97. The lowest BCUT2D eigenvalue weighted by Gasteiger charge is -2.33. The summed E-state index contributed by atoms with van der Waals surface area (Å²) in [7, 11) is -3.50. The smallest absolute Gasteiger partial charge is 0.243 e. The van der Waals surface area contributed by atoms with Crippen molar-refractivity contribution in [1.29, 1.82) is 0 Å². The van der Waals surface area contributed by atoms with E-state index in [4.69, 9.17) is 0 Å². The van der Waals surface area contributed by atoms with Crippen molar-refractivity contribution in [3.05, 3.63) is 59.7 Å². The Hall–Kier alpha value is -2.22. The van der Waals surface area contributed by atoms with Crippen LogP contribution >= 0.6 is 0 Å². The molecule has 0 atom stereocenters. The molecule has 0 aromatic heterocycles. The predicted molar refractivity (Wildman–Crippen MR) is 106 cm³/mol. The second-order valence-corrected chi connectivity index (χ2v) is 8.78. The lowest BCUT2D eigenvalue weighted by atomic mass is 10.1. The molecular weight excluding hydrogens is 362 g/mol. The van der Waals surface area contributed by atoms with Crippen molar-refractivity contribution in [2.45, 2.75) is 18.7 Å². The molecule has 1 fully saturated rings. The first-order chi connectivity index (χ1) is 12.9. The van der Waals surface area contributed by atoms with Crippen LogP contribution in [0.4, 0.5) is 5.69 Å². The van der Waals surface area contributed by atoms with E-state index in [0.29, 0.717) is 31.1 Å². The van der Waals surface area contributed by atoms with E-state index in [-0.39, 0.29) is 12.5 Å². The van der Waals surface area contributed by atoms with Gasteiger partial charge < -0.3 is 5.32 Å². The molecule has 1 N–H and O–H groups in total. The van der Waals surface area contributed by atoms with Crippen LogP contribution in [0.5, 0.6) is 0 Å². The fraction of sp³-hybridized carbons (Fsp3) is 0.350. The Morgan fingerprint density at radius 3 is 2.26 bits per heavy atom. The van der Waals surface area contributed by atoms with Gasteiger partial charge in [0.1, 0.15) is 0 Å². The van der Waals surface area contributed by atoms with Gasteiger partial charge in [0, 0.05) is 31.9 Å². The highest BCUT2D eigenvalue weighted by molar-refractivity contribution is 7.89. The highest BCUT2D eigenvalue weighted by atomic mass is 32.2. The van der Waals surface area contributed by atoms with Gasteiger partial charge in [-0.1, -0.05) is 24.3 Å². The van der Waals surface area contributed by atoms with E-state index in [1.54, 1.807) is 12.1 Å². The number of carbonyl (C=O) groups excluding carboxylic acids is 1. The van der Waals surface area contributed by atoms with E-state index in [2.05, 4.69) is 5.32 Å². The van der Waals surface area contributed by atoms with Gasteiger partial charge in [0.15, 0.2) is 0 Å². The fourth-order valence-corrected chi connectivity index (χ4v) is 4.58. The van der Waals surface area contributed by atoms with Gasteiger partial charge in [-0.15, -0.1) is 0 Å². The van der Waals surface area contributed by atoms with E-state index < -0.39 is 10.0 Å². The molecule has 0 aliphatic carbocycles. The highest BCUT2D eigenvalue weighted by Gasteiger charge is 2.29. The lowest BCUT2D eigenvalue weighted by Crippen LogP contribution is -2.50. The topological polar surface area (TPSA) is 69.7 Å². The number of benzene rings is 2. The molecule has 0 radical (unpaired) electrons. The van der Waals surface area contributed by atoms with E-state index in [1.807, 2.05) is 55.1 Å². The Bertz CT molecular complexity index is 905. The Morgan fingerprint density at radius 1 is 0.963 bits per heavy atom. The number of rotatable bonds is 5. The minimum Gasteiger partial charge on any atom is -0.325 e. The molecule has 0 unspecified atom stereocenters. The summed E-state index contributed by atoms with van der Waals surface area (Å²) in [6, 6.07) is 14.5. The molecule has 1 saturated heterocycles. The van der Waals surface area contributed by atoms with Crippen LogP contribution in [0.2, 0.25) is 0 Å². The first kappa shape index (κ1) is 19.5. The average molecular weight is 388 g/mol. The van der Waals surface area contributed by atoms with E-state index >= 15 is 0 Å². The first-order valence-corrected chi connectivity index (χ1v) is 10.4. The Morgan fingerprint density at radius 2 is 1.63 bits per heavy atom. The van der Waals surface area contributed by atoms with Gasteiger partial charge in [-0.05, 0) is 49.2 Å². The van der Waals surface area contributed by atoms with E-state index in [0.717, 1.165) is 16.8 Å². The van der Waals surface area contributed by atoms with Crippen LogP contribution in [0.1, 0.15) is 11.1 Å². The number of hydrogen-bond acceptors (Lipinski definition) is 4. The van der Waals surface area contributed by atoms with Crippen LogP contribution in [-0.2, 0) is 14.8 Å². The molecule has 3 rings (SSSR count). The monoisotopic (exact) mass is 387 g/mol. The van der Waals surface area contributed by atoms with Crippen molar-refractivity contribution in [1.82, 2.24) is 9.21 Å². The zero-order valence-corrected chi connectivity index (χ0v) is 16.5. The van der Waals surface area contributed by atoms with Crippen molar-refractivity contribution < 1.29 is 13.2 Å². The van der Waals surface area contributed by atoms with Gasteiger partial charge in [0.05, 0.1) is 11.4 Å². The molecule has 27 heavy (non-hydrogen) atoms. The standard InChI is InChI=1S/C20H25N3O3S/c1-16-8-9-19(14-17(16)2)27(25,26)23-12-10-22(11-13-23)15-20(24)21-18-6-4-3-5-7-18/h3-9,14H,10-13,15H2,1-2H3,(H,21,24). The quantitative estimate of drug-likeness (QED) is 0.854. The average Bonchev–Trinajstić information content (AvgIpc) is 2.65. The molecule has 6 nitrogen and oxygen atoms in total. The molecule has 144 valence electrons. The van der Waals surface area contributed by atoms with Crippen LogP contribution in [-0.4, -0.2) is 56.3 Å². The molecule has 0 spiro atoms. The van der Waals surface area contributed by atoms with E-state index in [9.17, 15) is 13.2 Å². The Kier molecular flexibility index (Phi) is 5.94. The summed E-state index contributed by atoms with van der Waals surface area (Å²) in [4.78, 5) is 14.5. The summed E-state index contributed by atoms with van der Waals surface area (Å²) in [5.41, 5.74) is 2.80. The highest BCUT2D eigenvalue weighted by Crippen LogP contribution is 2.20. The van der Waals surface area contributed by atoms with Gasteiger partial charge in [-0.2, -0.15) is 4.31 Å². The molecule has 2 aromatic carbocycles. The van der Waals surface area contributed by atoms with Gasteiger partial charge in [0.2, 0.25) is 15.9 Å². The number of anilines is 1. The number of nitrogens with zero attached hydrogens (tertiary/aromatic N) is 2. The normalized spacial score (nSPS) is 16.2. The largest absolute Gasteiger partial charge is 0.325 e. The van der Waals surface area contributed by atoms with Crippen LogP contribution in [0.3, 0.4) is 0 Å². The van der Waals surface area contributed by atoms with Gasteiger partial charge >= 0.3 is 0 Å². The summed E-state index contributed by atoms with van der Waals surface area (Å²) >= 11 is 0. The first-order valence-electron chi connectivity index (χ1n) is 9.01. The maximum absolute atomic E-state index is 12.8. The number of para-hydroxylation sites is 1. The van der Waals surface area contributed by atoms with Crippen molar-refractivity contribution >= 4 is 21.6 Å². The minimum absolute atomic E-state index is 0.0910. The number of carbonyl (C=O) groups is 1. The fourth-order valence-electron chi connectivity index (χ4n) is 3.08. The molecule has 7 heteroatoms. The van der Waals surface area contributed by atoms with Crippen molar-refractivity contribution in [2.75, 3.05) is 38.0 Å². The van der Waals surface area contributed by atoms with Crippen LogP contribution < -0.4 is 5.32 Å². The molecule has 1 amide bonds. The number of hydrogen-bond donors (Lipinski definition) is 1. The Balaban J connectivity index is 1.56. The summed E-state index contributed by atoms with van der Waals surface area (Å²) in [5.74, 6) is -0.0910. The van der Waals surface area contributed by atoms with Crippen LogP contribution in [0.15, 0.2) is 53.4 Å². The molecular formula is C20H25N3O3S. The third kappa shape index (κ3) is 4.74. The molecule has 1 aliphatic heterocycles. The zero-order valence-electron chi connectivity index (χ0n) is 15.7. The van der Waals surface area contributed by atoms with E-state index in [1.165, 1.54) is 4.31 Å². The number of aryl methyl sites for hydroxylation is 2. The number of nitrogens with one attached hydrogen (secondary N) is 1. The molecule has 0 saturated carbocycles. The lowest BCUT2D eigenvalue weighted by molar-refractivity contribution is -0.117. The van der Waals surface area contributed by atoms with Gasteiger partial charge in [-0.3, -0.25) is 9.69 Å². The third-order valence-corrected chi connectivity index (χ3v) is 6.77. The van der Waals surface area contributed by atoms with Crippen LogP contribution in [0, 0.1) is 13.8 Å². The van der Waals surface area contributed by atoms with Crippen molar-refractivity contribution in [2.24, 2.45) is 0 Å². The van der Waals surface area contributed by atoms with Crippen LogP contribution in [0.25, 0.3) is 0 Å². The SMILES string of the molecule is Cc1ccc(S(=O)(=O)N2CCN(CC(=O)Nc3ccccc3)CC2)cc1C. The Labute approximate surface area is 160 Å². The van der Waals surface area contributed by atoms with Crippen molar-refractivity contribution in [3.63, 3.8) is 0 Å². The molecule has 1 aliphatic rings. The summed E-state index contributed by atoms with van der Waals surface area (Å²) < 4.78 is 27.2. The second-order valence-electron chi connectivity index (χ2n) is 6.84. The maximum Gasteiger partial charge on any atom is 0.243 e. The zero-order chi connectivity index (χ0) is 19.4. The summed E-state index contributed by atoms with van der Waals surface area (Å²) in [6.07, 6.45) is 0. The summed E-state index contributed by atoms with van der Waals surface area (Å²) in [5, 5.41) is 2.86. The van der Waals surface area contributed by atoms with Crippen molar-refractivity contribution in [3.8, 4) is 0 Å². The molecule has 0 bridgehead atoms. The third-order valence-electron chi connectivity index (χ3n) is 4.87. The molecule has 2 aromatic rings. The second kappa shape index (κ2) is 8.21.